The number of rotatable bonds is 6. The number of carbonyl (C=O) groups is 1. The van der Waals surface area contributed by atoms with Crippen LogP contribution >= 0.6 is 0 Å². The summed E-state index contributed by atoms with van der Waals surface area (Å²) >= 11 is 0. The molecule has 3 nitrogen and oxygen atoms in total. The molecule has 0 N–H and O–H groups in total. The Morgan fingerprint density at radius 1 is 1.13 bits per heavy atom. The van der Waals surface area contributed by atoms with E-state index in [-0.39, 0.29) is 5.91 Å². The highest BCUT2D eigenvalue weighted by Crippen LogP contribution is 2.24. The molecule has 0 saturated heterocycles. The molecule has 0 aliphatic carbocycles. The van der Waals surface area contributed by atoms with Gasteiger partial charge < -0.3 is 9.64 Å². The van der Waals surface area contributed by atoms with Gasteiger partial charge in [-0.25, -0.2) is 0 Å². The molecule has 0 aliphatic heterocycles. The first kappa shape index (κ1) is 17.1. The summed E-state index contributed by atoms with van der Waals surface area (Å²) in [7, 11) is 1.81. The molecule has 0 radical (unpaired) electrons. The van der Waals surface area contributed by atoms with Crippen LogP contribution in [0.1, 0.15) is 37.0 Å². The number of hydrogen-bond donors (Lipinski definition) is 0. The molecule has 0 bridgehead atoms. The average molecular weight is 311 g/mol. The molecule has 0 unspecified atom stereocenters. The second-order valence-corrected chi connectivity index (χ2v) is 5.68. The van der Waals surface area contributed by atoms with E-state index >= 15 is 0 Å². The van der Waals surface area contributed by atoms with E-state index in [0.717, 1.165) is 29.0 Å². The van der Waals surface area contributed by atoms with Crippen molar-refractivity contribution in [2.75, 3.05) is 11.9 Å². The summed E-state index contributed by atoms with van der Waals surface area (Å²) in [4.78, 5) is 13.6. The van der Waals surface area contributed by atoms with E-state index in [1.165, 1.54) is 5.56 Å². The van der Waals surface area contributed by atoms with Gasteiger partial charge in [0.2, 0.25) is 5.91 Å². The number of ether oxygens (including phenoxy) is 1. The third kappa shape index (κ3) is 4.13. The molecule has 1 amide bonds. The lowest BCUT2D eigenvalue weighted by Gasteiger charge is -2.20. The molecule has 0 spiro atoms. The predicted octanol–water partition coefficient (Wildman–Crippen LogP) is 4.51. The van der Waals surface area contributed by atoms with Crippen LogP contribution in [0.3, 0.4) is 0 Å². The van der Waals surface area contributed by atoms with E-state index in [2.05, 4.69) is 26.0 Å². The third-order valence-electron chi connectivity index (χ3n) is 4.06. The standard InChI is InChI=1S/C20H25NO2/c1-5-16-11-12-19(15(3)13-16)23-14-17-9-7-8-10-18(17)21(4)20(22)6-2/h7-13H,5-6,14H2,1-4H3. The summed E-state index contributed by atoms with van der Waals surface area (Å²) < 4.78 is 5.99. The molecule has 2 aromatic carbocycles. The predicted molar refractivity (Wildman–Crippen MR) is 95.0 cm³/mol. The Morgan fingerprint density at radius 3 is 2.52 bits per heavy atom. The van der Waals surface area contributed by atoms with Gasteiger partial charge in [-0.2, -0.15) is 0 Å². The molecule has 3 heteroatoms. The van der Waals surface area contributed by atoms with Gasteiger partial charge in [-0.15, -0.1) is 0 Å². The van der Waals surface area contributed by atoms with Gasteiger partial charge in [-0.3, -0.25) is 4.79 Å². The first-order valence-electron chi connectivity index (χ1n) is 8.13. The lowest BCUT2D eigenvalue weighted by atomic mass is 10.1. The van der Waals surface area contributed by atoms with Gasteiger partial charge in [0.05, 0.1) is 0 Å². The molecule has 2 rings (SSSR count). The number of hydrogen-bond acceptors (Lipinski definition) is 2. The average Bonchev–Trinajstić information content (AvgIpc) is 2.59. The lowest BCUT2D eigenvalue weighted by molar-refractivity contribution is -0.118. The molecule has 0 aromatic heterocycles. The Kier molecular flexibility index (Phi) is 5.80. The van der Waals surface area contributed by atoms with Crippen LogP contribution < -0.4 is 9.64 Å². The molecule has 23 heavy (non-hydrogen) atoms. The van der Waals surface area contributed by atoms with E-state index in [1.54, 1.807) is 4.90 Å². The molecule has 0 saturated carbocycles. The Hall–Kier alpha value is -2.29. The highest BCUT2D eigenvalue weighted by molar-refractivity contribution is 5.93. The van der Waals surface area contributed by atoms with Crippen molar-refractivity contribution in [1.82, 2.24) is 0 Å². The summed E-state index contributed by atoms with van der Waals surface area (Å²) in [6.45, 7) is 6.53. The van der Waals surface area contributed by atoms with E-state index in [4.69, 9.17) is 4.74 Å². The molecule has 0 atom stereocenters. The van der Waals surface area contributed by atoms with E-state index in [9.17, 15) is 4.79 Å². The van der Waals surface area contributed by atoms with Gasteiger partial charge >= 0.3 is 0 Å². The first-order valence-corrected chi connectivity index (χ1v) is 8.13. The largest absolute Gasteiger partial charge is 0.489 e. The zero-order valence-corrected chi connectivity index (χ0v) is 14.4. The second kappa shape index (κ2) is 7.82. The molecule has 0 aliphatic rings. The van der Waals surface area contributed by atoms with Crippen LogP contribution in [0.2, 0.25) is 0 Å². The second-order valence-electron chi connectivity index (χ2n) is 5.68. The van der Waals surface area contributed by atoms with Crippen molar-refractivity contribution < 1.29 is 9.53 Å². The maximum atomic E-state index is 11.9. The zero-order valence-electron chi connectivity index (χ0n) is 14.4. The molecule has 0 fully saturated rings. The fourth-order valence-electron chi connectivity index (χ4n) is 2.58. The van der Waals surface area contributed by atoms with Crippen LogP contribution in [0.5, 0.6) is 5.75 Å². The van der Waals surface area contributed by atoms with Crippen LogP contribution in [0.25, 0.3) is 0 Å². The molecular weight excluding hydrogens is 286 g/mol. The van der Waals surface area contributed by atoms with Crippen LogP contribution in [-0.2, 0) is 17.8 Å². The number of carbonyl (C=O) groups excluding carboxylic acids is 1. The number of anilines is 1. The highest BCUT2D eigenvalue weighted by atomic mass is 16.5. The Balaban J connectivity index is 2.16. The van der Waals surface area contributed by atoms with Crippen LogP contribution in [0, 0.1) is 6.92 Å². The van der Waals surface area contributed by atoms with Crippen molar-refractivity contribution in [2.24, 2.45) is 0 Å². The summed E-state index contributed by atoms with van der Waals surface area (Å²) in [6, 6.07) is 14.2. The van der Waals surface area contributed by atoms with Crippen LogP contribution in [0.4, 0.5) is 5.69 Å². The Morgan fingerprint density at radius 2 is 1.87 bits per heavy atom. The fourth-order valence-corrected chi connectivity index (χ4v) is 2.58. The summed E-state index contributed by atoms with van der Waals surface area (Å²) in [5.41, 5.74) is 4.36. The van der Waals surface area contributed by atoms with E-state index in [0.29, 0.717) is 13.0 Å². The maximum Gasteiger partial charge on any atom is 0.226 e. The minimum atomic E-state index is 0.0981. The maximum absolute atomic E-state index is 11.9. The van der Waals surface area contributed by atoms with Crippen molar-refractivity contribution >= 4 is 11.6 Å². The number of nitrogens with zero attached hydrogens (tertiary/aromatic N) is 1. The minimum absolute atomic E-state index is 0.0981. The molecule has 2 aromatic rings. The third-order valence-corrected chi connectivity index (χ3v) is 4.06. The number of amides is 1. The van der Waals surface area contributed by atoms with Crippen molar-refractivity contribution in [1.29, 1.82) is 0 Å². The monoisotopic (exact) mass is 311 g/mol. The van der Waals surface area contributed by atoms with Gasteiger partial charge in [0, 0.05) is 24.7 Å². The smallest absolute Gasteiger partial charge is 0.226 e. The fraction of sp³-hybridized carbons (Fsp3) is 0.350. The first-order chi connectivity index (χ1) is 11.1. The highest BCUT2D eigenvalue weighted by Gasteiger charge is 2.13. The molecular formula is C20H25NO2. The molecule has 122 valence electrons. The Bertz CT molecular complexity index is 679. The quantitative estimate of drug-likeness (QED) is 0.785. The summed E-state index contributed by atoms with van der Waals surface area (Å²) in [5.74, 6) is 0.988. The van der Waals surface area contributed by atoms with Gasteiger partial charge in [-0.05, 0) is 36.6 Å². The van der Waals surface area contributed by atoms with Crippen LogP contribution in [-0.4, -0.2) is 13.0 Å². The summed E-state index contributed by atoms with van der Waals surface area (Å²) in [6.07, 6.45) is 1.51. The molecule has 0 heterocycles. The Labute approximate surface area is 138 Å². The van der Waals surface area contributed by atoms with Crippen molar-refractivity contribution in [3.63, 3.8) is 0 Å². The summed E-state index contributed by atoms with van der Waals surface area (Å²) in [5, 5.41) is 0. The SMILES string of the molecule is CCC(=O)N(C)c1ccccc1COc1ccc(CC)cc1C. The number of para-hydroxylation sites is 1. The van der Waals surface area contributed by atoms with Crippen molar-refractivity contribution in [3.8, 4) is 5.75 Å². The minimum Gasteiger partial charge on any atom is -0.489 e. The normalized spacial score (nSPS) is 10.4. The number of aryl methyl sites for hydroxylation is 2. The van der Waals surface area contributed by atoms with E-state index in [1.807, 2.05) is 44.3 Å². The van der Waals surface area contributed by atoms with Crippen LogP contribution in [0.15, 0.2) is 42.5 Å². The van der Waals surface area contributed by atoms with Crippen molar-refractivity contribution in [2.45, 2.75) is 40.2 Å². The van der Waals surface area contributed by atoms with Crippen molar-refractivity contribution in [3.05, 3.63) is 59.2 Å². The van der Waals surface area contributed by atoms with Gasteiger partial charge in [-0.1, -0.05) is 44.2 Å². The van der Waals surface area contributed by atoms with Gasteiger partial charge in [0.15, 0.2) is 0 Å². The van der Waals surface area contributed by atoms with Gasteiger partial charge in [0.1, 0.15) is 12.4 Å². The zero-order chi connectivity index (χ0) is 16.8. The lowest BCUT2D eigenvalue weighted by Crippen LogP contribution is -2.26. The number of benzene rings is 2. The van der Waals surface area contributed by atoms with E-state index < -0.39 is 0 Å². The topological polar surface area (TPSA) is 29.5 Å². The van der Waals surface area contributed by atoms with Gasteiger partial charge in [0.25, 0.3) is 0 Å².